The molecule has 4 aromatic rings. The van der Waals surface area contributed by atoms with Crippen molar-refractivity contribution in [3.05, 3.63) is 83.2 Å². The van der Waals surface area contributed by atoms with Crippen molar-refractivity contribution >= 4 is 23.0 Å². The Hall–Kier alpha value is -4.61. The molecule has 0 unspecified atom stereocenters. The predicted molar refractivity (Wildman–Crippen MR) is 144 cm³/mol. The first-order valence-corrected chi connectivity index (χ1v) is 11.7. The van der Waals surface area contributed by atoms with Crippen molar-refractivity contribution < 1.29 is 14.3 Å². The first-order valence-electron chi connectivity index (χ1n) is 11.7. The van der Waals surface area contributed by atoms with Crippen molar-refractivity contribution in [3.63, 3.8) is 0 Å². The monoisotopic (exact) mass is 495 g/mol. The minimum Gasteiger partial charge on any atom is -0.493 e. The van der Waals surface area contributed by atoms with Gasteiger partial charge in [0.05, 0.1) is 14.2 Å². The number of benzene rings is 2. The molecule has 8 heteroatoms. The lowest BCUT2D eigenvalue weighted by atomic mass is 10.0. The average Bonchev–Trinajstić information content (AvgIpc) is 3.31. The number of hydrogen-bond donors (Lipinski definition) is 2. The molecule has 0 aliphatic rings. The summed E-state index contributed by atoms with van der Waals surface area (Å²) in [4.78, 5) is 22.6. The smallest absolute Gasteiger partial charge is 0.262 e. The van der Waals surface area contributed by atoms with Gasteiger partial charge in [-0.15, -0.1) is 0 Å². The minimum absolute atomic E-state index is 0.000222. The Morgan fingerprint density at radius 1 is 1.08 bits per heavy atom. The number of nitriles is 1. The first kappa shape index (κ1) is 25.5. The van der Waals surface area contributed by atoms with Crippen LogP contribution in [-0.4, -0.2) is 49.1 Å². The maximum Gasteiger partial charge on any atom is 0.262 e. The van der Waals surface area contributed by atoms with Crippen LogP contribution in [0.25, 0.3) is 28.2 Å². The summed E-state index contributed by atoms with van der Waals surface area (Å²) in [5.74, 6) is 0.707. The fourth-order valence-corrected chi connectivity index (χ4v) is 4.09. The molecular formula is C29H29N5O3. The zero-order chi connectivity index (χ0) is 26.4. The van der Waals surface area contributed by atoms with Crippen molar-refractivity contribution in [2.24, 2.45) is 0 Å². The van der Waals surface area contributed by atoms with E-state index in [1.54, 1.807) is 38.6 Å². The number of rotatable bonds is 9. The van der Waals surface area contributed by atoms with E-state index in [1.165, 1.54) is 5.56 Å². The second-order valence-corrected chi connectivity index (χ2v) is 8.84. The number of fused-ring (bicyclic) bond motifs is 1. The van der Waals surface area contributed by atoms with Gasteiger partial charge in [0.15, 0.2) is 11.5 Å². The zero-order valence-electron chi connectivity index (χ0n) is 21.3. The fourth-order valence-electron chi connectivity index (χ4n) is 4.09. The van der Waals surface area contributed by atoms with Crippen molar-refractivity contribution in [1.29, 1.82) is 5.26 Å². The van der Waals surface area contributed by atoms with E-state index in [0.29, 0.717) is 22.7 Å². The zero-order valence-corrected chi connectivity index (χ0v) is 21.3. The molecule has 0 saturated carbocycles. The second-order valence-electron chi connectivity index (χ2n) is 8.84. The molecule has 8 nitrogen and oxygen atoms in total. The highest BCUT2D eigenvalue weighted by Gasteiger charge is 2.13. The quantitative estimate of drug-likeness (QED) is 0.261. The predicted octanol–water partition coefficient (Wildman–Crippen LogP) is 4.53. The number of aromatic nitrogens is 2. The van der Waals surface area contributed by atoms with Gasteiger partial charge in [0.25, 0.3) is 5.91 Å². The van der Waals surface area contributed by atoms with Gasteiger partial charge in [0.1, 0.15) is 17.3 Å². The number of aromatic amines is 1. The summed E-state index contributed by atoms with van der Waals surface area (Å²) in [6.45, 7) is 1.08. The van der Waals surface area contributed by atoms with Gasteiger partial charge in [-0.05, 0) is 61.1 Å². The van der Waals surface area contributed by atoms with Crippen LogP contribution < -0.4 is 14.8 Å². The van der Waals surface area contributed by atoms with Crippen LogP contribution in [0, 0.1) is 11.3 Å². The largest absolute Gasteiger partial charge is 0.493 e. The van der Waals surface area contributed by atoms with E-state index in [2.05, 4.69) is 32.3 Å². The highest BCUT2D eigenvalue weighted by atomic mass is 16.5. The van der Waals surface area contributed by atoms with E-state index in [4.69, 9.17) is 9.47 Å². The van der Waals surface area contributed by atoms with Gasteiger partial charge in [-0.2, -0.15) is 5.26 Å². The molecule has 2 heterocycles. The molecule has 188 valence electrons. The van der Waals surface area contributed by atoms with E-state index < -0.39 is 5.91 Å². The van der Waals surface area contributed by atoms with Crippen LogP contribution in [-0.2, 0) is 17.9 Å². The molecule has 0 bridgehead atoms. The van der Waals surface area contributed by atoms with Crippen molar-refractivity contribution in [2.45, 2.75) is 13.1 Å². The maximum absolute atomic E-state index is 12.8. The molecule has 2 aromatic carbocycles. The van der Waals surface area contributed by atoms with Gasteiger partial charge in [0, 0.05) is 42.0 Å². The fraction of sp³-hybridized carbons (Fsp3) is 0.207. The highest BCUT2D eigenvalue weighted by Crippen LogP contribution is 2.28. The van der Waals surface area contributed by atoms with Crippen LogP contribution in [0.5, 0.6) is 11.5 Å². The summed E-state index contributed by atoms with van der Waals surface area (Å²) < 4.78 is 10.6. The van der Waals surface area contributed by atoms with Crippen LogP contribution in [0.2, 0.25) is 0 Å². The van der Waals surface area contributed by atoms with Crippen LogP contribution in [0.1, 0.15) is 16.7 Å². The first-order chi connectivity index (χ1) is 17.9. The standard InChI is InChI=1S/C29H29N5O3/c1-34(2)18-20-6-5-7-21(10-20)23-13-25-24(17-32-28(25)31-16-23)12-22(14-30)29(35)33-15-19-8-9-26(36-3)27(11-19)37-4/h5-13,16-17H,15,18H2,1-4H3,(H,31,32)(H,33,35)/b22-12+. The topological polar surface area (TPSA) is 103 Å². The van der Waals surface area contributed by atoms with Gasteiger partial charge in [-0.1, -0.05) is 24.3 Å². The Bertz CT molecular complexity index is 1500. The van der Waals surface area contributed by atoms with Crippen LogP contribution in [0.4, 0.5) is 0 Å². The summed E-state index contributed by atoms with van der Waals surface area (Å²) >= 11 is 0. The molecule has 0 aliphatic carbocycles. The summed E-state index contributed by atoms with van der Waals surface area (Å²) in [6.07, 6.45) is 5.15. The molecule has 0 atom stereocenters. The van der Waals surface area contributed by atoms with E-state index in [1.807, 2.05) is 50.6 Å². The SMILES string of the molecule is COc1ccc(CNC(=O)/C(C#N)=C/c2c[nH]c3ncc(-c4cccc(CN(C)C)c4)cc23)cc1OC. The number of carbonyl (C=O) groups is 1. The number of carbonyl (C=O) groups excluding carboxylic acids is 1. The number of pyridine rings is 1. The summed E-state index contributed by atoms with van der Waals surface area (Å²) in [7, 11) is 7.19. The lowest BCUT2D eigenvalue weighted by Crippen LogP contribution is -2.24. The van der Waals surface area contributed by atoms with E-state index >= 15 is 0 Å². The molecule has 0 saturated heterocycles. The van der Waals surface area contributed by atoms with Gasteiger partial charge in [-0.3, -0.25) is 4.79 Å². The summed E-state index contributed by atoms with van der Waals surface area (Å²) in [5.41, 5.74) is 5.43. The van der Waals surface area contributed by atoms with Crippen molar-refractivity contribution in [3.8, 4) is 28.7 Å². The van der Waals surface area contributed by atoms with Crippen LogP contribution in [0.15, 0.2) is 66.5 Å². The maximum atomic E-state index is 12.8. The third kappa shape index (κ3) is 5.97. The van der Waals surface area contributed by atoms with Crippen molar-refractivity contribution in [2.75, 3.05) is 28.3 Å². The normalized spacial score (nSPS) is 11.4. The van der Waals surface area contributed by atoms with Crippen LogP contribution in [0.3, 0.4) is 0 Å². The number of hydrogen-bond acceptors (Lipinski definition) is 6. The van der Waals surface area contributed by atoms with E-state index in [9.17, 15) is 10.1 Å². The molecule has 37 heavy (non-hydrogen) atoms. The molecule has 2 N–H and O–H groups in total. The minimum atomic E-state index is -0.466. The van der Waals surface area contributed by atoms with Crippen LogP contribution >= 0.6 is 0 Å². The third-order valence-corrected chi connectivity index (χ3v) is 5.89. The molecule has 0 fully saturated rings. The number of nitrogens with zero attached hydrogens (tertiary/aromatic N) is 3. The Morgan fingerprint density at radius 3 is 2.62 bits per heavy atom. The molecule has 4 rings (SSSR count). The number of ether oxygens (including phenoxy) is 2. The third-order valence-electron chi connectivity index (χ3n) is 5.89. The molecule has 0 radical (unpaired) electrons. The lowest BCUT2D eigenvalue weighted by Gasteiger charge is -2.11. The van der Waals surface area contributed by atoms with Gasteiger partial charge >= 0.3 is 0 Å². The van der Waals surface area contributed by atoms with E-state index in [0.717, 1.165) is 28.6 Å². The number of nitrogens with one attached hydrogen (secondary N) is 2. The Labute approximate surface area is 216 Å². The Kier molecular flexibility index (Phi) is 7.86. The molecule has 2 aromatic heterocycles. The summed E-state index contributed by atoms with van der Waals surface area (Å²) in [5, 5.41) is 13.3. The number of H-pyrrole nitrogens is 1. The van der Waals surface area contributed by atoms with Gasteiger partial charge in [0.2, 0.25) is 0 Å². The van der Waals surface area contributed by atoms with Gasteiger partial charge < -0.3 is 24.7 Å². The van der Waals surface area contributed by atoms with E-state index in [-0.39, 0.29) is 12.1 Å². The average molecular weight is 496 g/mol. The molecule has 1 amide bonds. The number of methoxy groups -OCH3 is 2. The molecular weight excluding hydrogens is 466 g/mol. The second kappa shape index (κ2) is 11.4. The highest BCUT2D eigenvalue weighted by molar-refractivity contribution is 6.04. The Morgan fingerprint density at radius 2 is 1.89 bits per heavy atom. The lowest BCUT2D eigenvalue weighted by molar-refractivity contribution is -0.117. The van der Waals surface area contributed by atoms with Crippen molar-refractivity contribution in [1.82, 2.24) is 20.2 Å². The molecule has 0 spiro atoms. The van der Waals surface area contributed by atoms with Gasteiger partial charge in [-0.25, -0.2) is 4.98 Å². The number of amides is 1. The summed E-state index contributed by atoms with van der Waals surface area (Å²) in [6, 6.07) is 17.8. The molecule has 0 aliphatic heterocycles. The Balaban J connectivity index is 1.56.